The van der Waals surface area contributed by atoms with E-state index in [-0.39, 0.29) is 5.91 Å². The summed E-state index contributed by atoms with van der Waals surface area (Å²) in [5.41, 5.74) is 3.07. The Balaban J connectivity index is 1.69. The van der Waals surface area contributed by atoms with Gasteiger partial charge in [0.1, 0.15) is 5.82 Å². The van der Waals surface area contributed by atoms with E-state index in [0.29, 0.717) is 32.6 Å². The summed E-state index contributed by atoms with van der Waals surface area (Å²) < 4.78 is 7.41. The number of aryl methyl sites for hydroxylation is 1. The molecule has 0 saturated carbocycles. The van der Waals surface area contributed by atoms with E-state index in [1.54, 1.807) is 0 Å². The van der Waals surface area contributed by atoms with Crippen LogP contribution in [-0.4, -0.2) is 35.2 Å². The van der Waals surface area contributed by atoms with Gasteiger partial charge < -0.3 is 10.1 Å². The Hall–Kier alpha value is -2.66. The van der Waals surface area contributed by atoms with Crippen molar-refractivity contribution in [1.82, 2.24) is 14.9 Å². The van der Waals surface area contributed by atoms with E-state index in [0.717, 1.165) is 29.0 Å². The van der Waals surface area contributed by atoms with Crippen molar-refractivity contribution in [3.63, 3.8) is 0 Å². The second-order valence-corrected chi connectivity index (χ2v) is 6.09. The summed E-state index contributed by atoms with van der Waals surface area (Å²) in [6, 6.07) is 18.2. The number of rotatable bonds is 9. The van der Waals surface area contributed by atoms with Crippen LogP contribution in [0.2, 0.25) is 0 Å². The SMILES string of the molecule is CCOCCCNC(=O)CCc1nc2ccccc2n1-c1ccccc1. The quantitative estimate of drug-likeness (QED) is 0.600. The number of imidazole rings is 1. The van der Waals surface area contributed by atoms with E-state index in [1.165, 1.54) is 0 Å². The van der Waals surface area contributed by atoms with Crippen LogP contribution in [0.25, 0.3) is 16.7 Å². The van der Waals surface area contributed by atoms with Crippen LogP contribution in [-0.2, 0) is 16.0 Å². The molecule has 5 heteroatoms. The van der Waals surface area contributed by atoms with Gasteiger partial charge in [-0.1, -0.05) is 30.3 Å². The lowest BCUT2D eigenvalue weighted by atomic mass is 10.2. The van der Waals surface area contributed by atoms with E-state index in [2.05, 4.69) is 28.1 Å². The van der Waals surface area contributed by atoms with Crippen molar-refractivity contribution >= 4 is 16.9 Å². The summed E-state index contributed by atoms with van der Waals surface area (Å²) in [5.74, 6) is 0.954. The minimum absolute atomic E-state index is 0.0492. The van der Waals surface area contributed by atoms with Gasteiger partial charge in [-0.2, -0.15) is 0 Å². The molecule has 1 heterocycles. The van der Waals surface area contributed by atoms with Gasteiger partial charge in [0.2, 0.25) is 5.91 Å². The monoisotopic (exact) mass is 351 g/mol. The van der Waals surface area contributed by atoms with Crippen molar-refractivity contribution in [2.75, 3.05) is 19.8 Å². The fraction of sp³-hybridized carbons (Fsp3) is 0.333. The number of hydrogen-bond acceptors (Lipinski definition) is 3. The first-order valence-corrected chi connectivity index (χ1v) is 9.16. The molecule has 0 spiro atoms. The van der Waals surface area contributed by atoms with Crippen LogP contribution in [0, 0.1) is 0 Å². The molecule has 0 aliphatic rings. The number of amides is 1. The first-order chi connectivity index (χ1) is 12.8. The maximum atomic E-state index is 12.1. The molecule has 1 aromatic heterocycles. The molecule has 0 unspecified atom stereocenters. The number of benzene rings is 2. The molecular weight excluding hydrogens is 326 g/mol. The predicted molar refractivity (Wildman–Crippen MR) is 104 cm³/mol. The molecule has 3 aromatic rings. The van der Waals surface area contributed by atoms with E-state index in [4.69, 9.17) is 9.72 Å². The first kappa shape index (κ1) is 18.1. The Kier molecular flexibility index (Phi) is 6.39. The Bertz CT molecular complexity index is 843. The van der Waals surface area contributed by atoms with Crippen molar-refractivity contribution in [3.05, 3.63) is 60.4 Å². The molecule has 0 aliphatic carbocycles. The van der Waals surface area contributed by atoms with E-state index >= 15 is 0 Å². The summed E-state index contributed by atoms with van der Waals surface area (Å²) >= 11 is 0. The number of fused-ring (bicyclic) bond motifs is 1. The summed E-state index contributed by atoms with van der Waals surface area (Å²) in [7, 11) is 0. The molecule has 5 nitrogen and oxygen atoms in total. The van der Waals surface area contributed by atoms with Gasteiger partial charge in [-0.15, -0.1) is 0 Å². The van der Waals surface area contributed by atoms with Crippen LogP contribution in [0.5, 0.6) is 0 Å². The minimum Gasteiger partial charge on any atom is -0.382 e. The molecule has 0 bridgehead atoms. The smallest absolute Gasteiger partial charge is 0.220 e. The summed E-state index contributed by atoms with van der Waals surface area (Å²) in [4.78, 5) is 16.9. The summed E-state index contributed by atoms with van der Waals surface area (Å²) in [5, 5.41) is 2.95. The Labute approximate surface area is 154 Å². The van der Waals surface area contributed by atoms with Gasteiger partial charge in [0.25, 0.3) is 0 Å². The molecule has 0 saturated heterocycles. The predicted octanol–water partition coefficient (Wildman–Crippen LogP) is 3.50. The molecule has 1 N–H and O–H groups in total. The van der Waals surface area contributed by atoms with Crippen LogP contribution in [0.1, 0.15) is 25.6 Å². The summed E-state index contributed by atoms with van der Waals surface area (Å²) in [6.07, 6.45) is 1.85. The number of carbonyl (C=O) groups is 1. The zero-order valence-corrected chi connectivity index (χ0v) is 15.1. The van der Waals surface area contributed by atoms with Gasteiger partial charge in [0.05, 0.1) is 11.0 Å². The molecule has 0 fully saturated rings. The van der Waals surface area contributed by atoms with Gasteiger partial charge in [-0.25, -0.2) is 4.98 Å². The minimum atomic E-state index is 0.0492. The van der Waals surface area contributed by atoms with E-state index < -0.39 is 0 Å². The molecule has 136 valence electrons. The second-order valence-electron chi connectivity index (χ2n) is 6.09. The molecule has 0 radical (unpaired) electrons. The number of hydrogen-bond donors (Lipinski definition) is 1. The van der Waals surface area contributed by atoms with Crippen LogP contribution in [0.3, 0.4) is 0 Å². The maximum absolute atomic E-state index is 12.1. The zero-order chi connectivity index (χ0) is 18.2. The Morgan fingerprint density at radius 1 is 1.12 bits per heavy atom. The molecule has 2 aromatic carbocycles. The van der Waals surface area contributed by atoms with Crippen molar-refractivity contribution in [1.29, 1.82) is 0 Å². The molecule has 0 aliphatic heterocycles. The lowest BCUT2D eigenvalue weighted by Gasteiger charge is -2.09. The van der Waals surface area contributed by atoms with Crippen molar-refractivity contribution < 1.29 is 9.53 Å². The van der Waals surface area contributed by atoms with Crippen LogP contribution in [0.15, 0.2) is 54.6 Å². The van der Waals surface area contributed by atoms with Crippen LogP contribution in [0.4, 0.5) is 0 Å². The highest BCUT2D eigenvalue weighted by molar-refractivity contribution is 5.79. The van der Waals surface area contributed by atoms with Gasteiger partial charge in [0, 0.05) is 38.3 Å². The number of aromatic nitrogens is 2. The number of ether oxygens (including phenoxy) is 1. The number of nitrogens with one attached hydrogen (secondary N) is 1. The molecule has 26 heavy (non-hydrogen) atoms. The molecular formula is C21H25N3O2. The van der Waals surface area contributed by atoms with Gasteiger partial charge in [-0.3, -0.25) is 9.36 Å². The van der Waals surface area contributed by atoms with Crippen molar-refractivity contribution in [2.24, 2.45) is 0 Å². The van der Waals surface area contributed by atoms with Crippen LogP contribution < -0.4 is 5.32 Å². The Morgan fingerprint density at radius 2 is 1.88 bits per heavy atom. The Morgan fingerprint density at radius 3 is 2.69 bits per heavy atom. The lowest BCUT2D eigenvalue weighted by molar-refractivity contribution is -0.121. The van der Waals surface area contributed by atoms with Gasteiger partial charge >= 0.3 is 0 Å². The largest absolute Gasteiger partial charge is 0.382 e. The number of carbonyl (C=O) groups excluding carboxylic acids is 1. The fourth-order valence-electron chi connectivity index (χ4n) is 2.97. The highest BCUT2D eigenvalue weighted by Crippen LogP contribution is 2.22. The average Bonchev–Trinajstić information content (AvgIpc) is 3.05. The number of nitrogens with zero attached hydrogens (tertiary/aromatic N) is 2. The standard InChI is InChI=1S/C21H25N3O2/c1-2-26-16-8-15-22-21(25)14-13-20-23-18-11-6-7-12-19(18)24(20)17-9-4-3-5-10-17/h3-7,9-12H,2,8,13-16H2,1H3,(H,22,25). The third kappa shape index (κ3) is 4.49. The molecule has 1 amide bonds. The van der Waals surface area contributed by atoms with Crippen LogP contribution >= 0.6 is 0 Å². The van der Waals surface area contributed by atoms with Gasteiger partial charge in [0.15, 0.2) is 0 Å². The second kappa shape index (κ2) is 9.15. The third-order valence-electron chi connectivity index (χ3n) is 4.21. The molecule has 3 rings (SSSR count). The lowest BCUT2D eigenvalue weighted by Crippen LogP contribution is -2.25. The normalized spacial score (nSPS) is 11.0. The van der Waals surface area contributed by atoms with Gasteiger partial charge in [-0.05, 0) is 37.6 Å². The van der Waals surface area contributed by atoms with E-state index in [1.807, 2.05) is 43.3 Å². The van der Waals surface area contributed by atoms with Crippen molar-refractivity contribution in [3.8, 4) is 5.69 Å². The number of para-hydroxylation sites is 3. The summed E-state index contributed by atoms with van der Waals surface area (Å²) in [6.45, 7) is 4.01. The highest BCUT2D eigenvalue weighted by atomic mass is 16.5. The highest BCUT2D eigenvalue weighted by Gasteiger charge is 2.13. The fourth-order valence-corrected chi connectivity index (χ4v) is 2.97. The average molecular weight is 351 g/mol. The van der Waals surface area contributed by atoms with E-state index in [9.17, 15) is 4.79 Å². The maximum Gasteiger partial charge on any atom is 0.220 e. The zero-order valence-electron chi connectivity index (χ0n) is 15.1. The molecule has 0 atom stereocenters. The van der Waals surface area contributed by atoms with Crippen molar-refractivity contribution in [2.45, 2.75) is 26.2 Å². The first-order valence-electron chi connectivity index (χ1n) is 9.16. The third-order valence-corrected chi connectivity index (χ3v) is 4.21. The topological polar surface area (TPSA) is 56.1 Å².